The number of carbonyl (C=O) groups excluding carboxylic acids is 1. The van der Waals surface area contributed by atoms with Crippen molar-refractivity contribution < 1.29 is 9.53 Å². The van der Waals surface area contributed by atoms with E-state index < -0.39 is 0 Å². The van der Waals surface area contributed by atoms with Crippen LogP contribution in [0, 0.1) is 0 Å². The third-order valence-electron chi connectivity index (χ3n) is 4.09. The molecule has 5 nitrogen and oxygen atoms in total. The minimum atomic E-state index is -0.0391. The van der Waals surface area contributed by atoms with Crippen LogP contribution < -0.4 is 4.90 Å². The van der Waals surface area contributed by atoms with Gasteiger partial charge in [0.2, 0.25) is 5.91 Å². The van der Waals surface area contributed by atoms with Crippen LogP contribution in [0.5, 0.6) is 0 Å². The normalized spacial score (nSPS) is 10.9. The van der Waals surface area contributed by atoms with E-state index in [0.717, 1.165) is 26.5 Å². The standard InChI is InChI=1S/C20H23N3O2S/c1-22(2)16-10-8-15(9-11-16)12-23(3)20(24)14-25-13-19-21-17-6-4-5-7-18(17)26-19/h4-11H,12-14H2,1-3H3. The Bertz CT molecular complexity index is 841. The summed E-state index contributed by atoms with van der Waals surface area (Å²) in [4.78, 5) is 20.5. The minimum absolute atomic E-state index is 0.0391. The fourth-order valence-corrected chi connectivity index (χ4v) is 3.48. The highest BCUT2D eigenvalue weighted by Crippen LogP contribution is 2.22. The van der Waals surface area contributed by atoms with Crippen molar-refractivity contribution in [2.24, 2.45) is 0 Å². The van der Waals surface area contributed by atoms with Crippen LogP contribution in [-0.2, 0) is 22.7 Å². The van der Waals surface area contributed by atoms with Crippen LogP contribution in [-0.4, -0.2) is 43.5 Å². The van der Waals surface area contributed by atoms with E-state index in [0.29, 0.717) is 13.2 Å². The molecule has 0 aliphatic rings. The molecule has 0 N–H and O–H groups in total. The van der Waals surface area contributed by atoms with Gasteiger partial charge in [-0.1, -0.05) is 24.3 Å². The summed E-state index contributed by atoms with van der Waals surface area (Å²) in [5, 5.41) is 0.890. The number of amides is 1. The molecule has 1 amide bonds. The van der Waals surface area contributed by atoms with Crippen molar-refractivity contribution in [1.82, 2.24) is 9.88 Å². The van der Waals surface area contributed by atoms with E-state index in [1.54, 1.807) is 23.3 Å². The van der Waals surface area contributed by atoms with Crippen molar-refractivity contribution in [1.29, 1.82) is 0 Å². The third-order valence-corrected chi connectivity index (χ3v) is 5.10. The van der Waals surface area contributed by atoms with E-state index in [1.807, 2.05) is 50.5 Å². The molecule has 0 bridgehead atoms. The van der Waals surface area contributed by atoms with E-state index in [4.69, 9.17) is 4.74 Å². The van der Waals surface area contributed by atoms with Crippen molar-refractivity contribution in [2.45, 2.75) is 13.2 Å². The topological polar surface area (TPSA) is 45.7 Å². The zero-order valence-corrected chi connectivity index (χ0v) is 16.1. The number of ether oxygens (including phenoxy) is 1. The second-order valence-electron chi connectivity index (χ2n) is 6.38. The van der Waals surface area contributed by atoms with Crippen molar-refractivity contribution in [2.75, 3.05) is 32.6 Å². The van der Waals surface area contributed by atoms with Gasteiger partial charge in [-0.05, 0) is 29.8 Å². The van der Waals surface area contributed by atoms with E-state index in [1.165, 1.54) is 0 Å². The molecule has 0 unspecified atom stereocenters. The minimum Gasteiger partial charge on any atom is -0.378 e. The lowest BCUT2D eigenvalue weighted by Crippen LogP contribution is -2.29. The number of likely N-dealkylation sites (N-methyl/N-ethyl adjacent to an activating group) is 1. The van der Waals surface area contributed by atoms with E-state index in [-0.39, 0.29) is 12.5 Å². The zero-order chi connectivity index (χ0) is 18.5. The van der Waals surface area contributed by atoms with Crippen LogP contribution in [0.2, 0.25) is 0 Å². The Morgan fingerprint density at radius 3 is 2.50 bits per heavy atom. The molecular formula is C20H23N3O2S. The number of nitrogens with zero attached hydrogens (tertiary/aromatic N) is 3. The molecule has 2 aromatic carbocycles. The van der Waals surface area contributed by atoms with Crippen molar-refractivity contribution in [3.8, 4) is 0 Å². The summed E-state index contributed by atoms with van der Waals surface area (Å²) in [6, 6.07) is 16.2. The summed E-state index contributed by atoms with van der Waals surface area (Å²) in [5.74, 6) is -0.0391. The van der Waals surface area contributed by atoms with Gasteiger partial charge in [0.15, 0.2) is 0 Å². The molecule has 0 atom stereocenters. The maximum Gasteiger partial charge on any atom is 0.248 e. The maximum atomic E-state index is 12.3. The van der Waals surface area contributed by atoms with Crippen molar-refractivity contribution in [3.05, 3.63) is 59.1 Å². The third kappa shape index (κ3) is 4.59. The molecule has 26 heavy (non-hydrogen) atoms. The Morgan fingerprint density at radius 2 is 1.81 bits per heavy atom. The zero-order valence-electron chi connectivity index (χ0n) is 15.3. The highest BCUT2D eigenvalue weighted by Gasteiger charge is 2.11. The Balaban J connectivity index is 1.47. The number of rotatable bonds is 7. The second-order valence-corrected chi connectivity index (χ2v) is 7.49. The Kier molecular flexibility index (Phi) is 5.85. The lowest BCUT2D eigenvalue weighted by molar-refractivity contribution is -0.135. The van der Waals surface area contributed by atoms with Gasteiger partial charge in [-0.3, -0.25) is 4.79 Å². The fourth-order valence-electron chi connectivity index (χ4n) is 2.58. The number of anilines is 1. The summed E-state index contributed by atoms with van der Waals surface area (Å²) in [6.07, 6.45) is 0. The van der Waals surface area contributed by atoms with Crippen molar-refractivity contribution >= 4 is 33.1 Å². The van der Waals surface area contributed by atoms with Crippen molar-refractivity contribution in [3.63, 3.8) is 0 Å². The highest BCUT2D eigenvalue weighted by atomic mass is 32.1. The SMILES string of the molecule is CN(Cc1ccc(N(C)C)cc1)C(=O)COCc1nc2ccccc2s1. The summed E-state index contributed by atoms with van der Waals surface area (Å²) in [5.41, 5.74) is 3.21. The van der Waals surface area contributed by atoms with E-state index in [2.05, 4.69) is 22.0 Å². The predicted octanol–water partition coefficient (Wildman–Crippen LogP) is 3.54. The predicted molar refractivity (Wildman–Crippen MR) is 107 cm³/mol. The lowest BCUT2D eigenvalue weighted by Gasteiger charge is -2.18. The number of carbonyl (C=O) groups is 1. The molecule has 0 fully saturated rings. The molecule has 0 aliphatic carbocycles. The van der Waals surface area contributed by atoms with Gasteiger partial charge < -0.3 is 14.5 Å². The van der Waals surface area contributed by atoms with E-state index >= 15 is 0 Å². The van der Waals surface area contributed by atoms with Crippen LogP contribution in [0.1, 0.15) is 10.6 Å². The largest absolute Gasteiger partial charge is 0.378 e. The molecule has 0 saturated heterocycles. The molecular weight excluding hydrogens is 346 g/mol. The quantitative estimate of drug-likeness (QED) is 0.639. The first kappa shape index (κ1) is 18.4. The summed E-state index contributed by atoms with van der Waals surface area (Å²) in [6.45, 7) is 0.982. The van der Waals surface area contributed by atoms with Crippen LogP contribution in [0.3, 0.4) is 0 Å². The van der Waals surface area contributed by atoms with E-state index in [9.17, 15) is 4.79 Å². The Morgan fingerprint density at radius 1 is 1.08 bits per heavy atom. The summed E-state index contributed by atoms with van der Waals surface area (Å²) < 4.78 is 6.71. The molecule has 6 heteroatoms. The Hall–Kier alpha value is -2.44. The van der Waals surface area contributed by atoms with Gasteiger partial charge in [0.25, 0.3) is 0 Å². The average Bonchev–Trinajstić information content (AvgIpc) is 3.04. The van der Waals surface area contributed by atoms with Crippen LogP contribution in [0.25, 0.3) is 10.2 Å². The number of para-hydroxylation sites is 1. The average molecular weight is 369 g/mol. The first-order valence-electron chi connectivity index (χ1n) is 8.45. The number of hydrogen-bond acceptors (Lipinski definition) is 5. The van der Waals surface area contributed by atoms with Crippen LogP contribution in [0.4, 0.5) is 5.69 Å². The van der Waals surface area contributed by atoms with Gasteiger partial charge >= 0.3 is 0 Å². The fraction of sp³-hybridized carbons (Fsp3) is 0.300. The number of hydrogen-bond donors (Lipinski definition) is 0. The first-order valence-corrected chi connectivity index (χ1v) is 9.27. The molecule has 3 aromatic rings. The molecule has 0 aliphatic heterocycles. The van der Waals surface area contributed by atoms with Gasteiger partial charge in [0.05, 0.1) is 16.8 Å². The van der Waals surface area contributed by atoms with Gasteiger partial charge in [0.1, 0.15) is 11.6 Å². The molecule has 1 heterocycles. The molecule has 3 rings (SSSR count). The molecule has 136 valence electrons. The first-order chi connectivity index (χ1) is 12.5. The molecule has 0 saturated carbocycles. The number of aromatic nitrogens is 1. The smallest absolute Gasteiger partial charge is 0.248 e. The molecule has 0 radical (unpaired) electrons. The number of fused-ring (bicyclic) bond motifs is 1. The number of benzene rings is 2. The number of thiazole rings is 1. The molecule has 0 spiro atoms. The summed E-state index contributed by atoms with van der Waals surface area (Å²) >= 11 is 1.60. The van der Waals surface area contributed by atoms with Gasteiger partial charge in [-0.25, -0.2) is 4.98 Å². The van der Waals surface area contributed by atoms with Gasteiger partial charge in [-0.2, -0.15) is 0 Å². The van der Waals surface area contributed by atoms with Crippen LogP contribution in [0.15, 0.2) is 48.5 Å². The highest BCUT2D eigenvalue weighted by molar-refractivity contribution is 7.18. The maximum absolute atomic E-state index is 12.3. The van der Waals surface area contributed by atoms with Gasteiger partial charge in [-0.15, -0.1) is 11.3 Å². The second kappa shape index (κ2) is 8.29. The van der Waals surface area contributed by atoms with Gasteiger partial charge in [0, 0.05) is 33.4 Å². The lowest BCUT2D eigenvalue weighted by atomic mass is 10.2. The Labute approximate surface area is 157 Å². The molecule has 1 aromatic heterocycles. The van der Waals surface area contributed by atoms with Crippen LogP contribution >= 0.6 is 11.3 Å². The summed E-state index contributed by atoms with van der Waals surface area (Å²) in [7, 11) is 5.81. The monoisotopic (exact) mass is 369 g/mol.